The van der Waals surface area contributed by atoms with Gasteiger partial charge in [0.15, 0.2) is 0 Å². The first-order valence-electron chi connectivity index (χ1n) is 12.5. The van der Waals surface area contributed by atoms with Crippen LogP contribution in [0.15, 0.2) is 71.9 Å². The van der Waals surface area contributed by atoms with Gasteiger partial charge in [-0.1, -0.05) is 12.1 Å². The number of aromatic nitrogens is 2. The molecule has 2 fully saturated rings. The van der Waals surface area contributed by atoms with Crippen molar-refractivity contribution in [2.24, 2.45) is 0 Å². The molecule has 2 saturated heterocycles. The molecule has 1 N–H and O–H groups in total. The molecule has 6 rings (SSSR count). The van der Waals surface area contributed by atoms with E-state index < -0.39 is 10.0 Å². The third kappa shape index (κ3) is 4.20. The van der Waals surface area contributed by atoms with Gasteiger partial charge in [0.05, 0.1) is 10.4 Å². The molecule has 0 saturated carbocycles. The summed E-state index contributed by atoms with van der Waals surface area (Å²) < 4.78 is 29.1. The predicted molar refractivity (Wildman–Crippen MR) is 140 cm³/mol. The topological polar surface area (TPSA) is 72.5 Å². The van der Waals surface area contributed by atoms with Gasteiger partial charge in [-0.2, -0.15) is 4.31 Å². The maximum Gasteiger partial charge on any atom is 0.243 e. The first kappa shape index (κ1) is 22.5. The highest BCUT2D eigenvalue weighted by Crippen LogP contribution is 2.32. The summed E-state index contributed by atoms with van der Waals surface area (Å²) >= 11 is 0. The zero-order chi connectivity index (χ0) is 23.8. The monoisotopic (exact) mass is 489 g/mol. The number of fused-ring (bicyclic) bond motifs is 2. The summed E-state index contributed by atoms with van der Waals surface area (Å²) in [6.07, 6.45) is 6.42. The Hall–Kier alpha value is -2.94. The first-order valence-corrected chi connectivity index (χ1v) is 13.9. The van der Waals surface area contributed by atoms with Crippen LogP contribution >= 0.6 is 0 Å². The lowest BCUT2D eigenvalue weighted by Gasteiger charge is -2.37. The summed E-state index contributed by atoms with van der Waals surface area (Å²) in [5, 5.41) is 1.98. The Balaban J connectivity index is 1.11. The van der Waals surface area contributed by atoms with Crippen LogP contribution in [0.3, 0.4) is 0 Å². The van der Waals surface area contributed by atoms with E-state index in [2.05, 4.69) is 44.0 Å². The lowest BCUT2D eigenvalue weighted by atomic mass is 10.1. The number of aromatic amines is 1. The normalized spacial score (nSPS) is 20.2. The number of sulfonamides is 1. The van der Waals surface area contributed by atoms with E-state index in [-0.39, 0.29) is 6.04 Å². The van der Waals surface area contributed by atoms with E-state index >= 15 is 0 Å². The Kier molecular flexibility index (Phi) is 5.96. The molecular formula is C27H31N5O2S. The molecule has 2 aromatic heterocycles. The molecule has 1 atom stereocenters. The third-order valence-corrected chi connectivity index (χ3v) is 9.59. The molecule has 0 bridgehead atoms. The van der Waals surface area contributed by atoms with Crippen molar-refractivity contribution in [1.82, 2.24) is 19.2 Å². The fraction of sp³-hybridized carbons (Fsp3) is 0.370. The molecule has 4 aromatic rings. The van der Waals surface area contributed by atoms with Crippen molar-refractivity contribution in [3.63, 3.8) is 0 Å². The van der Waals surface area contributed by atoms with Crippen molar-refractivity contribution in [2.45, 2.75) is 30.2 Å². The largest absolute Gasteiger partial charge is 0.368 e. The van der Waals surface area contributed by atoms with Gasteiger partial charge in [-0.3, -0.25) is 9.88 Å². The van der Waals surface area contributed by atoms with E-state index in [1.807, 2.05) is 18.3 Å². The highest BCUT2D eigenvalue weighted by Gasteiger charge is 2.36. The van der Waals surface area contributed by atoms with Crippen molar-refractivity contribution < 1.29 is 8.42 Å². The molecule has 2 aliphatic rings. The number of rotatable bonds is 6. The number of pyridine rings is 1. The Labute approximate surface area is 206 Å². The van der Waals surface area contributed by atoms with Crippen molar-refractivity contribution in [2.75, 3.05) is 44.2 Å². The van der Waals surface area contributed by atoms with E-state index in [1.165, 1.54) is 16.6 Å². The minimum Gasteiger partial charge on any atom is -0.368 e. The number of hydrogen-bond donors (Lipinski definition) is 1. The smallest absolute Gasteiger partial charge is 0.243 e. The molecule has 0 amide bonds. The predicted octanol–water partition coefficient (Wildman–Crippen LogP) is 4.08. The van der Waals surface area contributed by atoms with Crippen molar-refractivity contribution in [3.05, 3.63) is 67.0 Å². The molecule has 0 aliphatic carbocycles. The van der Waals surface area contributed by atoms with E-state index in [4.69, 9.17) is 0 Å². The molecule has 2 aromatic carbocycles. The highest BCUT2D eigenvalue weighted by molar-refractivity contribution is 7.89. The Morgan fingerprint density at radius 1 is 0.914 bits per heavy atom. The number of hydrogen-bond acceptors (Lipinski definition) is 5. The zero-order valence-electron chi connectivity index (χ0n) is 19.8. The van der Waals surface area contributed by atoms with Gasteiger partial charge >= 0.3 is 0 Å². The third-order valence-electron chi connectivity index (χ3n) is 7.58. The summed E-state index contributed by atoms with van der Waals surface area (Å²) in [6, 6.07) is 17.7. The van der Waals surface area contributed by atoms with Crippen LogP contribution in [0.5, 0.6) is 0 Å². The first-order chi connectivity index (χ1) is 17.1. The van der Waals surface area contributed by atoms with E-state index in [9.17, 15) is 8.42 Å². The number of piperazine rings is 1. The number of H-pyrrole nitrogens is 1. The van der Waals surface area contributed by atoms with Gasteiger partial charge in [0.1, 0.15) is 0 Å². The molecule has 0 unspecified atom stereocenters. The van der Waals surface area contributed by atoms with Gasteiger partial charge < -0.3 is 9.88 Å². The van der Waals surface area contributed by atoms with Crippen LogP contribution in [0, 0.1) is 0 Å². The molecular weight excluding hydrogens is 458 g/mol. The summed E-state index contributed by atoms with van der Waals surface area (Å²) in [6.45, 7) is 5.48. The average Bonchev–Trinajstić information content (AvgIpc) is 3.57. The van der Waals surface area contributed by atoms with Crippen molar-refractivity contribution >= 4 is 37.5 Å². The molecule has 0 radical (unpaired) electrons. The maximum atomic E-state index is 13.7. The van der Waals surface area contributed by atoms with Gasteiger partial charge in [0.2, 0.25) is 10.0 Å². The number of nitrogens with one attached hydrogen (secondary N) is 1. The second-order valence-electron chi connectivity index (χ2n) is 9.57. The SMILES string of the molecule is O=S(=O)(c1cccc2ncccc12)N1CCC[C@H]1CCN1CCN(c2cccc3[nH]ccc23)CC1. The second kappa shape index (κ2) is 9.26. The van der Waals surface area contributed by atoms with Crippen LogP contribution < -0.4 is 4.90 Å². The lowest BCUT2D eigenvalue weighted by molar-refractivity contribution is 0.232. The second-order valence-corrected chi connectivity index (χ2v) is 11.4. The summed E-state index contributed by atoms with van der Waals surface area (Å²) in [5.41, 5.74) is 3.19. The number of nitrogens with zero attached hydrogens (tertiary/aromatic N) is 4. The van der Waals surface area contributed by atoms with Gasteiger partial charge in [-0.15, -0.1) is 0 Å². The Morgan fingerprint density at radius 2 is 1.77 bits per heavy atom. The minimum absolute atomic E-state index is 0.0542. The van der Waals surface area contributed by atoms with Gasteiger partial charge in [-0.25, -0.2) is 8.42 Å². The number of anilines is 1. The quantitative estimate of drug-likeness (QED) is 0.442. The summed E-state index contributed by atoms with van der Waals surface area (Å²) in [7, 11) is -3.56. The Bertz CT molecular complexity index is 1440. The average molecular weight is 490 g/mol. The standard InChI is InChI=1S/C27H31N5O2S/c33-35(34,27-10-2-8-25-23(27)6-3-13-28-25)32-15-4-5-21(32)12-16-30-17-19-31(20-18-30)26-9-1-7-24-22(26)11-14-29-24/h1-3,6-11,13-14,21,29H,4-5,12,15-20H2/t21-/m0/s1. The van der Waals surface area contributed by atoms with E-state index in [0.717, 1.165) is 57.5 Å². The van der Waals surface area contributed by atoms with Crippen molar-refractivity contribution in [1.29, 1.82) is 0 Å². The molecule has 35 heavy (non-hydrogen) atoms. The minimum atomic E-state index is -3.56. The van der Waals surface area contributed by atoms with Gasteiger partial charge in [-0.05, 0) is 68.3 Å². The van der Waals surface area contributed by atoms with Crippen molar-refractivity contribution in [3.8, 4) is 0 Å². The Morgan fingerprint density at radius 3 is 2.66 bits per heavy atom. The maximum absolute atomic E-state index is 13.7. The van der Waals surface area contributed by atoms with Gasteiger partial charge in [0.25, 0.3) is 0 Å². The molecule has 4 heterocycles. The van der Waals surface area contributed by atoms with Crippen LogP contribution in [0.4, 0.5) is 5.69 Å². The van der Waals surface area contributed by atoms with E-state index in [1.54, 1.807) is 28.7 Å². The molecule has 7 nitrogen and oxygen atoms in total. The van der Waals surface area contributed by atoms with Crippen LogP contribution in [0.1, 0.15) is 19.3 Å². The lowest BCUT2D eigenvalue weighted by Crippen LogP contribution is -2.47. The van der Waals surface area contributed by atoms with E-state index in [0.29, 0.717) is 16.8 Å². The fourth-order valence-electron chi connectivity index (χ4n) is 5.73. The molecule has 8 heteroatoms. The summed E-state index contributed by atoms with van der Waals surface area (Å²) in [4.78, 5) is 13.0. The van der Waals surface area contributed by atoms with Crippen LogP contribution in [-0.4, -0.2) is 72.9 Å². The van der Waals surface area contributed by atoms with Crippen LogP contribution in [-0.2, 0) is 10.0 Å². The molecule has 2 aliphatic heterocycles. The number of benzene rings is 2. The fourth-order valence-corrected chi connectivity index (χ4v) is 7.66. The molecule has 182 valence electrons. The van der Waals surface area contributed by atoms with Crippen LogP contribution in [0.2, 0.25) is 0 Å². The zero-order valence-corrected chi connectivity index (χ0v) is 20.6. The van der Waals surface area contributed by atoms with Gasteiger partial charge in [0, 0.05) is 73.1 Å². The highest BCUT2D eigenvalue weighted by atomic mass is 32.2. The van der Waals surface area contributed by atoms with Crippen LogP contribution in [0.25, 0.3) is 21.8 Å². The molecule has 0 spiro atoms. The summed E-state index contributed by atoms with van der Waals surface area (Å²) in [5.74, 6) is 0.